The lowest BCUT2D eigenvalue weighted by molar-refractivity contribution is -0.132. The zero-order chi connectivity index (χ0) is 21.3. The van der Waals surface area contributed by atoms with Gasteiger partial charge in [-0.3, -0.25) is 14.3 Å². The van der Waals surface area contributed by atoms with Gasteiger partial charge in [0.15, 0.2) is 5.58 Å². The number of amides is 2. The van der Waals surface area contributed by atoms with Crippen LogP contribution in [0.4, 0.5) is 4.79 Å². The monoisotopic (exact) mass is 415 g/mol. The number of hydrogen-bond donors (Lipinski definition) is 0. The lowest BCUT2D eigenvalue weighted by Gasteiger charge is -2.39. The van der Waals surface area contributed by atoms with Crippen LogP contribution in [0.3, 0.4) is 0 Å². The van der Waals surface area contributed by atoms with Gasteiger partial charge in [0.05, 0.1) is 11.6 Å². The van der Waals surface area contributed by atoms with Crippen molar-refractivity contribution in [2.24, 2.45) is 5.92 Å². The molecule has 1 aromatic heterocycles. The number of nitrogens with zero attached hydrogens (tertiary/aromatic N) is 3. The fourth-order valence-corrected chi connectivity index (χ4v) is 4.56. The summed E-state index contributed by atoms with van der Waals surface area (Å²) in [5.74, 6) is -0.0290. The van der Waals surface area contributed by atoms with Crippen LogP contribution in [0.5, 0.6) is 0 Å². The third kappa shape index (κ3) is 3.82. The van der Waals surface area contributed by atoms with Crippen molar-refractivity contribution in [1.29, 1.82) is 0 Å². The molecule has 2 aliphatic heterocycles. The topological polar surface area (TPSA) is 85.0 Å². The molecule has 2 atom stereocenters. The number of fused-ring (bicyclic) bond motifs is 1. The number of rotatable bonds is 6. The SMILES string of the molecule is CCC(C)C1COC(=O)N1C1CCN(C(=O)CCn2c(=O)oc3ccccc32)CC1. The summed E-state index contributed by atoms with van der Waals surface area (Å²) in [6.45, 7) is 6.26. The predicted molar refractivity (Wildman–Crippen MR) is 111 cm³/mol. The Morgan fingerprint density at radius 2 is 1.93 bits per heavy atom. The molecule has 0 bridgehead atoms. The number of ether oxygens (including phenoxy) is 1. The molecule has 0 saturated carbocycles. The number of hydrogen-bond acceptors (Lipinski definition) is 5. The Morgan fingerprint density at radius 3 is 2.67 bits per heavy atom. The highest BCUT2D eigenvalue weighted by Crippen LogP contribution is 2.29. The van der Waals surface area contributed by atoms with Gasteiger partial charge in [-0.05, 0) is 30.9 Å². The van der Waals surface area contributed by atoms with E-state index in [0.29, 0.717) is 43.3 Å². The van der Waals surface area contributed by atoms with Crippen molar-refractivity contribution < 1.29 is 18.7 Å². The first kappa shape index (κ1) is 20.5. The lowest BCUT2D eigenvalue weighted by atomic mass is 9.95. The number of oxazole rings is 1. The standard InChI is InChI=1S/C22H29N3O5/c1-3-15(2)18-14-29-22(28)25(18)16-8-11-23(12-9-16)20(26)10-13-24-17-6-4-5-7-19(17)30-21(24)27/h4-7,15-16,18H,3,8-14H2,1-2H3. The molecule has 30 heavy (non-hydrogen) atoms. The van der Waals surface area contributed by atoms with Gasteiger partial charge < -0.3 is 14.1 Å². The van der Waals surface area contributed by atoms with E-state index in [1.54, 1.807) is 6.07 Å². The van der Waals surface area contributed by atoms with Crippen molar-refractivity contribution in [3.05, 3.63) is 34.8 Å². The molecule has 2 amide bonds. The van der Waals surface area contributed by atoms with Crippen LogP contribution in [0.25, 0.3) is 11.1 Å². The quantitative estimate of drug-likeness (QED) is 0.724. The summed E-state index contributed by atoms with van der Waals surface area (Å²) in [5, 5.41) is 0. The number of aryl methyl sites for hydroxylation is 1. The van der Waals surface area contributed by atoms with E-state index >= 15 is 0 Å². The predicted octanol–water partition coefficient (Wildman–Crippen LogP) is 2.84. The van der Waals surface area contributed by atoms with Crippen molar-refractivity contribution in [2.75, 3.05) is 19.7 Å². The van der Waals surface area contributed by atoms with Gasteiger partial charge in [0, 0.05) is 32.1 Å². The largest absolute Gasteiger partial charge is 0.447 e. The van der Waals surface area contributed by atoms with Gasteiger partial charge >= 0.3 is 11.8 Å². The molecule has 2 unspecified atom stereocenters. The van der Waals surface area contributed by atoms with Crippen LogP contribution in [0.15, 0.2) is 33.5 Å². The van der Waals surface area contributed by atoms with Crippen molar-refractivity contribution in [1.82, 2.24) is 14.4 Å². The molecule has 2 aliphatic rings. The third-order valence-electron chi connectivity index (χ3n) is 6.58. The fourth-order valence-electron chi connectivity index (χ4n) is 4.56. The van der Waals surface area contributed by atoms with E-state index in [2.05, 4.69) is 13.8 Å². The molecular formula is C22H29N3O5. The summed E-state index contributed by atoms with van der Waals surface area (Å²) in [7, 11) is 0. The number of cyclic esters (lactones) is 1. The number of carbonyl (C=O) groups is 2. The number of benzene rings is 1. The van der Waals surface area contributed by atoms with Crippen LogP contribution < -0.4 is 5.76 Å². The minimum atomic E-state index is -0.439. The highest BCUT2D eigenvalue weighted by molar-refractivity contribution is 5.77. The Balaban J connectivity index is 1.34. The van der Waals surface area contributed by atoms with Crippen molar-refractivity contribution in [3.63, 3.8) is 0 Å². The van der Waals surface area contributed by atoms with Gasteiger partial charge in [-0.2, -0.15) is 0 Å². The van der Waals surface area contributed by atoms with Crippen LogP contribution in [0.1, 0.15) is 39.5 Å². The molecule has 8 nitrogen and oxygen atoms in total. The zero-order valence-electron chi connectivity index (χ0n) is 17.6. The summed E-state index contributed by atoms with van der Waals surface area (Å²) in [6.07, 6.45) is 2.52. The van der Waals surface area contributed by atoms with Gasteiger partial charge in [-0.25, -0.2) is 9.59 Å². The first-order valence-corrected chi connectivity index (χ1v) is 10.8. The van der Waals surface area contributed by atoms with E-state index in [0.717, 1.165) is 19.3 Å². The maximum Gasteiger partial charge on any atom is 0.419 e. The maximum absolute atomic E-state index is 12.7. The molecule has 2 aromatic rings. The van der Waals surface area contributed by atoms with Crippen LogP contribution in [0, 0.1) is 5.92 Å². The summed E-state index contributed by atoms with van der Waals surface area (Å²) >= 11 is 0. The number of para-hydroxylation sites is 2. The molecule has 0 aliphatic carbocycles. The molecule has 1 aromatic carbocycles. The Kier molecular flexibility index (Phi) is 5.83. The van der Waals surface area contributed by atoms with Gasteiger partial charge in [0.2, 0.25) is 5.91 Å². The molecular weight excluding hydrogens is 386 g/mol. The van der Waals surface area contributed by atoms with E-state index in [-0.39, 0.29) is 30.5 Å². The van der Waals surface area contributed by atoms with E-state index < -0.39 is 5.76 Å². The summed E-state index contributed by atoms with van der Waals surface area (Å²) in [6, 6.07) is 7.46. The van der Waals surface area contributed by atoms with E-state index in [1.165, 1.54) is 4.57 Å². The second-order valence-electron chi connectivity index (χ2n) is 8.29. The number of likely N-dealkylation sites (tertiary alicyclic amines) is 1. The second-order valence-corrected chi connectivity index (χ2v) is 8.29. The maximum atomic E-state index is 12.7. The normalized spacial score (nSPS) is 21.3. The Hall–Kier alpha value is -2.77. The van der Waals surface area contributed by atoms with Crippen LogP contribution in [-0.2, 0) is 16.1 Å². The molecule has 162 valence electrons. The number of carbonyl (C=O) groups excluding carboxylic acids is 2. The summed E-state index contributed by atoms with van der Waals surface area (Å²) in [4.78, 5) is 40.8. The van der Waals surface area contributed by atoms with Crippen LogP contribution in [-0.4, -0.2) is 58.1 Å². The molecule has 4 rings (SSSR count). The van der Waals surface area contributed by atoms with Crippen LogP contribution in [0.2, 0.25) is 0 Å². The Bertz CT molecular complexity index is 973. The van der Waals surface area contributed by atoms with Crippen molar-refractivity contribution in [2.45, 2.75) is 58.2 Å². The average molecular weight is 415 g/mol. The first-order chi connectivity index (χ1) is 14.5. The minimum absolute atomic E-state index is 0.0214. The summed E-state index contributed by atoms with van der Waals surface area (Å²) in [5.41, 5.74) is 1.24. The highest BCUT2D eigenvalue weighted by atomic mass is 16.6. The Morgan fingerprint density at radius 1 is 1.20 bits per heavy atom. The fraction of sp³-hybridized carbons (Fsp3) is 0.591. The second kappa shape index (κ2) is 8.53. The van der Waals surface area contributed by atoms with Crippen molar-refractivity contribution >= 4 is 23.1 Å². The molecule has 8 heteroatoms. The third-order valence-corrected chi connectivity index (χ3v) is 6.58. The molecule has 0 N–H and O–H groups in total. The molecule has 2 saturated heterocycles. The van der Waals surface area contributed by atoms with Gasteiger partial charge in [-0.15, -0.1) is 0 Å². The molecule has 0 spiro atoms. The molecule has 3 heterocycles. The molecule has 0 radical (unpaired) electrons. The van der Waals surface area contributed by atoms with E-state index in [9.17, 15) is 14.4 Å². The highest BCUT2D eigenvalue weighted by Gasteiger charge is 2.41. The summed E-state index contributed by atoms with van der Waals surface area (Å²) < 4.78 is 12.1. The van der Waals surface area contributed by atoms with Crippen LogP contribution >= 0.6 is 0 Å². The molecule has 2 fully saturated rings. The zero-order valence-corrected chi connectivity index (χ0v) is 17.6. The van der Waals surface area contributed by atoms with Crippen molar-refractivity contribution in [3.8, 4) is 0 Å². The van der Waals surface area contributed by atoms with E-state index in [1.807, 2.05) is 28.0 Å². The number of piperidine rings is 1. The smallest absolute Gasteiger partial charge is 0.419 e. The average Bonchev–Trinajstić information content (AvgIpc) is 3.30. The lowest BCUT2D eigenvalue weighted by Crippen LogP contribution is -2.51. The Labute approximate surface area is 175 Å². The minimum Gasteiger partial charge on any atom is -0.447 e. The van der Waals surface area contributed by atoms with Gasteiger partial charge in [0.25, 0.3) is 0 Å². The van der Waals surface area contributed by atoms with Gasteiger partial charge in [0.1, 0.15) is 6.61 Å². The number of aromatic nitrogens is 1. The van der Waals surface area contributed by atoms with E-state index in [4.69, 9.17) is 9.15 Å². The van der Waals surface area contributed by atoms with Gasteiger partial charge in [-0.1, -0.05) is 32.4 Å². The first-order valence-electron chi connectivity index (χ1n) is 10.8.